The van der Waals surface area contributed by atoms with Crippen LogP contribution in [-0.4, -0.2) is 47.9 Å². The van der Waals surface area contributed by atoms with E-state index in [0.29, 0.717) is 25.1 Å². The summed E-state index contributed by atoms with van der Waals surface area (Å²) in [4.78, 5) is 33.1. The van der Waals surface area contributed by atoms with Crippen LogP contribution in [0.25, 0.3) is 0 Å². The molecule has 0 bridgehead atoms. The van der Waals surface area contributed by atoms with Crippen LogP contribution in [0.2, 0.25) is 0 Å². The zero-order valence-corrected chi connectivity index (χ0v) is 14.6. The number of rotatable bonds is 3. The Morgan fingerprint density at radius 1 is 1.19 bits per heavy atom. The zero-order valence-electron chi connectivity index (χ0n) is 14.6. The SMILES string of the molecule is O=C1CCCN1c1cccc(C(=O)N2CCNCC2c2cccnc2)c1. The Morgan fingerprint density at radius 2 is 2.12 bits per heavy atom. The molecule has 1 aromatic heterocycles. The maximum absolute atomic E-state index is 13.2. The van der Waals surface area contributed by atoms with Gasteiger partial charge in [0.2, 0.25) is 5.91 Å². The van der Waals surface area contributed by atoms with Crippen molar-refractivity contribution in [1.29, 1.82) is 0 Å². The number of amides is 2. The van der Waals surface area contributed by atoms with Crippen LogP contribution in [0.3, 0.4) is 0 Å². The largest absolute Gasteiger partial charge is 0.329 e. The van der Waals surface area contributed by atoms with Crippen LogP contribution in [0.5, 0.6) is 0 Å². The van der Waals surface area contributed by atoms with Gasteiger partial charge in [-0.1, -0.05) is 12.1 Å². The molecule has 0 spiro atoms. The quantitative estimate of drug-likeness (QED) is 0.919. The van der Waals surface area contributed by atoms with Gasteiger partial charge in [-0.15, -0.1) is 0 Å². The van der Waals surface area contributed by atoms with Gasteiger partial charge < -0.3 is 15.1 Å². The predicted molar refractivity (Wildman–Crippen MR) is 98.9 cm³/mol. The maximum atomic E-state index is 13.2. The van der Waals surface area contributed by atoms with Gasteiger partial charge in [0, 0.05) is 56.2 Å². The van der Waals surface area contributed by atoms with E-state index in [-0.39, 0.29) is 17.9 Å². The minimum Gasteiger partial charge on any atom is -0.329 e. The average Bonchev–Trinajstić information content (AvgIpc) is 3.14. The lowest BCUT2D eigenvalue weighted by Gasteiger charge is -2.36. The molecule has 0 saturated carbocycles. The van der Waals surface area contributed by atoms with Gasteiger partial charge in [-0.2, -0.15) is 0 Å². The van der Waals surface area contributed by atoms with Crippen LogP contribution >= 0.6 is 0 Å². The molecule has 2 aromatic rings. The van der Waals surface area contributed by atoms with E-state index in [9.17, 15) is 9.59 Å². The lowest BCUT2D eigenvalue weighted by molar-refractivity contribution is -0.117. The van der Waals surface area contributed by atoms with Gasteiger partial charge >= 0.3 is 0 Å². The molecule has 6 nitrogen and oxygen atoms in total. The third kappa shape index (κ3) is 3.20. The Bertz CT molecular complexity index is 808. The second-order valence-electron chi connectivity index (χ2n) is 6.70. The molecule has 2 aliphatic rings. The first kappa shape index (κ1) is 16.7. The van der Waals surface area contributed by atoms with Crippen LogP contribution in [0.15, 0.2) is 48.8 Å². The van der Waals surface area contributed by atoms with Gasteiger partial charge in [0.1, 0.15) is 0 Å². The van der Waals surface area contributed by atoms with Gasteiger partial charge in [-0.25, -0.2) is 0 Å². The number of carbonyl (C=O) groups is 2. The van der Waals surface area contributed by atoms with E-state index in [0.717, 1.165) is 30.8 Å². The molecule has 26 heavy (non-hydrogen) atoms. The van der Waals surface area contributed by atoms with E-state index in [1.165, 1.54) is 0 Å². The van der Waals surface area contributed by atoms with Crippen molar-refractivity contribution in [2.24, 2.45) is 0 Å². The Labute approximate surface area is 152 Å². The molecule has 2 aliphatic heterocycles. The van der Waals surface area contributed by atoms with Crippen molar-refractivity contribution in [2.45, 2.75) is 18.9 Å². The molecule has 2 fully saturated rings. The fraction of sp³-hybridized carbons (Fsp3) is 0.350. The molecule has 1 atom stereocenters. The van der Waals surface area contributed by atoms with E-state index in [1.807, 2.05) is 47.5 Å². The molecule has 6 heteroatoms. The summed E-state index contributed by atoms with van der Waals surface area (Å²) >= 11 is 0. The summed E-state index contributed by atoms with van der Waals surface area (Å²) < 4.78 is 0. The molecule has 1 unspecified atom stereocenters. The van der Waals surface area contributed by atoms with E-state index in [2.05, 4.69) is 10.3 Å². The van der Waals surface area contributed by atoms with Crippen molar-refractivity contribution >= 4 is 17.5 Å². The Kier molecular flexibility index (Phi) is 4.67. The van der Waals surface area contributed by atoms with Crippen molar-refractivity contribution in [3.8, 4) is 0 Å². The topological polar surface area (TPSA) is 65.5 Å². The lowest BCUT2D eigenvalue weighted by Crippen LogP contribution is -2.48. The van der Waals surface area contributed by atoms with Crippen LogP contribution in [0.1, 0.15) is 34.8 Å². The fourth-order valence-corrected chi connectivity index (χ4v) is 3.71. The molecule has 134 valence electrons. The average molecular weight is 350 g/mol. The van der Waals surface area contributed by atoms with Crippen LogP contribution in [0.4, 0.5) is 5.69 Å². The highest BCUT2D eigenvalue weighted by Crippen LogP contribution is 2.26. The van der Waals surface area contributed by atoms with Crippen molar-refractivity contribution in [3.63, 3.8) is 0 Å². The van der Waals surface area contributed by atoms with Crippen LogP contribution in [0, 0.1) is 0 Å². The molecule has 3 heterocycles. The second kappa shape index (κ2) is 7.25. The van der Waals surface area contributed by atoms with Gasteiger partial charge in [-0.3, -0.25) is 14.6 Å². The minimum atomic E-state index is -0.0398. The number of piperazine rings is 1. The molecular weight excluding hydrogens is 328 g/mol. The van der Waals surface area contributed by atoms with Crippen molar-refractivity contribution < 1.29 is 9.59 Å². The highest BCUT2D eigenvalue weighted by atomic mass is 16.2. The van der Waals surface area contributed by atoms with Gasteiger partial charge in [-0.05, 0) is 36.2 Å². The number of nitrogens with one attached hydrogen (secondary N) is 1. The van der Waals surface area contributed by atoms with Crippen molar-refractivity contribution in [1.82, 2.24) is 15.2 Å². The van der Waals surface area contributed by atoms with E-state index >= 15 is 0 Å². The molecule has 2 saturated heterocycles. The third-order valence-corrected chi connectivity index (χ3v) is 5.05. The van der Waals surface area contributed by atoms with Gasteiger partial charge in [0.15, 0.2) is 0 Å². The molecule has 1 N–H and O–H groups in total. The number of aromatic nitrogens is 1. The number of hydrogen-bond acceptors (Lipinski definition) is 4. The molecule has 4 rings (SSSR count). The number of hydrogen-bond donors (Lipinski definition) is 1. The minimum absolute atomic E-state index is 0.00570. The van der Waals surface area contributed by atoms with Gasteiger partial charge in [0.25, 0.3) is 5.91 Å². The van der Waals surface area contributed by atoms with Crippen LogP contribution in [-0.2, 0) is 4.79 Å². The van der Waals surface area contributed by atoms with E-state index in [4.69, 9.17) is 0 Å². The normalized spacial score (nSPS) is 20.5. The Hall–Kier alpha value is -2.73. The summed E-state index contributed by atoms with van der Waals surface area (Å²) in [5, 5.41) is 3.36. The van der Waals surface area contributed by atoms with Crippen LogP contribution < -0.4 is 10.2 Å². The maximum Gasteiger partial charge on any atom is 0.254 e. The molecule has 1 aromatic carbocycles. The van der Waals surface area contributed by atoms with Crippen molar-refractivity contribution in [2.75, 3.05) is 31.1 Å². The standard InChI is InChI=1S/C20H22N4O2/c25-19-7-3-10-23(19)17-6-1-4-15(12-17)20(26)24-11-9-22-14-18(24)16-5-2-8-21-13-16/h1-2,4-6,8,12-13,18,22H,3,7,9-11,14H2. The first-order valence-electron chi connectivity index (χ1n) is 9.06. The first-order chi connectivity index (χ1) is 12.7. The van der Waals surface area contributed by atoms with E-state index in [1.54, 1.807) is 11.1 Å². The summed E-state index contributed by atoms with van der Waals surface area (Å²) in [6.07, 6.45) is 5.01. The number of pyridine rings is 1. The fourth-order valence-electron chi connectivity index (χ4n) is 3.71. The summed E-state index contributed by atoms with van der Waals surface area (Å²) in [7, 11) is 0. The van der Waals surface area contributed by atoms with Crippen molar-refractivity contribution in [3.05, 3.63) is 59.9 Å². The Morgan fingerprint density at radius 3 is 2.88 bits per heavy atom. The lowest BCUT2D eigenvalue weighted by atomic mass is 10.0. The molecule has 0 radical (unpaired) electrons. The first-order valence-corrected chi connectivity index (χ1v) is 9.06. The monoisotopic (exact) mass is 350 g/mol. The number of anilines is 1. The van der Waals surface area contributed by atoms with Gasteiger partial charge in [0.05, 0.1) is 6.04 Å². The third-order valence-electron chi connectivity index (χ3n) is 5.05. The highest BCUT2D eigenvalue weighted by Gasteiger charge is 2.29. The second-order valence-corrected chi connectivity index (χ2v) is 6.70. The molecule has 0 aliphatic carbocycles. The molecule has 2 amide bonds. The number of nitrogens with zero attached hydrogens (tertiary/aromatic N) is 3. The number of carbonyl (C=O) groups excluding carboxylic acids is 2. The highest BCUT2D eigenvalue weighted by molar-refractivity contribution is 5.99. The summed E-state index contributed by atoms with van der Waals surface area (Å²) in [6, 6.07) is 11.3. The summed E-state index contributed by atoms with van der Waals surface area (Å²) in [5.74, 6) is 0.124. The summed E-state index contributed by atoms with van der Waals surface area (Å²) in [5.41, 5.74) is 2.46. The number of benzene rings is 1. The predicted octanol–water partition coefficient (Wildman–Crippen LogP) is 2.00. The smallest absolute Gasteiger partial charge is 0.254 e. The molecular formula is C20H22N4O2. The van der Waals surface area contributed by atoms with E-state index < -0.39 is 0 Å². The zero-order chi connectivity index (χ0) is 17.9. The Balaban J connectivity index is 1.60. The summed E-state index contributed by atoms with van der Waals surface area (Å²) in [6.45, 7) is 2.85.